The SMILES string of the molecule is Nc1ccc(-c2ccccc2)ccc1=O. The van der Waals surface area contributed by atoms with Gasteiger partial charge in [0, 0.05) is 0 Å². The van der Waals surface area contributed by atoms with Crippen molar-refractivity contribution >= 4 is 5.69 Å². The first-order valence-corrected chi connectivity index (χ1v) is 4.72. The summed E-state index contributed by atoms with van der Waals surface area (Å²) in [7, 11) is 0. The Kier molecular flexibility index (Phi) is 2.50. The maximum atomic E-state index is 11.3. The summed E-state index contributed by atoms with van der Waals surface area (Å²) in [5.41, 5.74) is 7.73. The Bertz CT molecular complexity index is 520. The maximum absolute atomic E-state index is 11.3. The number of benzene rings is 1. The van der Waals surface area contributed by atoms with Crippen LogP contribution in [0.25, 0.3) is 11.1 Å². The minimum absolute atomic E-state index is 0.141. The minimum Gasteiger partial charge on any atom is -0.396 e. The van der Waals surface area contributed by atoms with Gasteiger partial charge in [-0.1, -0.05) is 42.5 Å². The van der Waals surface area contributed by atoms with Crippen molar-refractivity contribution in [3.63, 3.8) is 0 Å². The molecule has 15 heavy (non-hydrogen) atoms. The Labute approximate surface area is 88.0 Å². The molecule has 2 nitrogen and oxygen atoms in total. The fraction of sp³-hybridized carbons (Fsp3) is 0. The van der Waals surface area contributed by atoms with Crippen LogP contribution in [0, 0.1) is 0 Å². The quantitative estimate of drug-likeness (QED) is 0.762. The van der Waals surface area contributed by atoms with Crippen LogP contribution < -0.4 is 11.2 Å². The van der Waals surface area contributed by atoms with E-state index in [2.05, 4.69) is 0 Å². The predicted molar refractivity (Wildman–Crippen MR) is 62.6 cm³/mol. The fourth-order valence-corrected chi connectivity index (χ4v) is 1.40. The van der Waals surface area contributed by atoms with Gasteiger partial charge in [-0.05, 0) is 23.3 Å². The van der Waals surface area contributed by atoms with Crippen molar-refractivity contribution in [3.8, 4) is 11.1 Å². The van der Waals surface area contributed by atoms with Crippen molar-refractivity contribution in [2.24, 2.45) is 0 Å². The van der Waals surface area contributed by atoms with Gasteiger partial charge < -0.3 is 5.73 Å². The molecule has 0 heterocycles. The van der Waals surface area contributed by atoms with Gasteiger partial charge in [-0.15, -0.1) is 0 Å². The monoisotopic (exact) mass is 197 g/mol. The molecule has 0 bridgehead atoms. The molecule has 2 heteroatoms. The van der Waals surface area contributed by atoms with E-state index in [1.54, 1.807) is 12.1 Å². The van der Waals surface area contributed by atoms with Gasteiger partial charge in [0.2, 0.25) is 5.43 Å². The average molecular weight is 197 g/mol. The first kappa shape index (κ1) is 9.46. The number of nitrogens with two attached hydrogens (primary N) is 1. The second kappa shape index (κ2) is 3.96. The van der Waals surface area contributed by atoms with Crippen molar-refractivity contribution in [1.29, 1.82) is 0 Å². The van der Waals surface area contributed by atoms with Crippen molar-refractivity contribution in [2.45, 2.75) is 0 Å². The summed E-state index contributed by atoms with van der Waals surface area (Å²) in [5.74, 6) is 0. The molecular formula is C13H11NO. The molecule has 0 fully saturated rings. The molecule has 2 aromatic carbocycles. The predicted octanol–water partition coefficient (Wildman–Crippen LogP) is 2.30. The van der Waals surface area contributed by atoms with E-state index in [0.717, 1.165) is 11.1 Å². The van der Waals surface area contributed by atoms with Crippen LogP contribution in [0.1, 0.15) is 0 Å². The molecule has 2 N–H and O–H groups in total. The van der Waals surface area contributed by atoms with Gasteiger partial charge in [0.05, 0.1) is 5.69 Å². The summed E-state index contributed by atoms with van der Waals surface area (Å²) in [5, 5.41) is 0. The van der Waals surface area contributed by atoms with Crippen molar-refractivity contribution in [1.82, 2.24) is 0 Å². The zero-order valence-electron chi connectivity index (χ0n) is 8.18. The highest BCUT2D eigenvalue weighted by Gasteiger charge is 1.95. The number of anilines is 1. The molecule has 0 atom stereocenters. The first-order chi connectivity index (χ1) is 7.27. The molecule has 2 rings (SSSR count). The lowest BCUT2D eigenvalue weighted by Crippen LogP contribution is -2.01. The molecular weight excluding hydrogens is 186 g/mol. The molecule has 0 spiro atoms. The highest BCUT2D eigenvalue weighted by Crippen LogP contribution is 2.16. The minimum atomic E-state index is -0.141. The van der Waals surface area contributed by atoms with E-state index in [1.165, 1.54) is 6.07 Å². The summed E-state index contributed by atoms with van der Waals surface area (Å²) in [6, 6.07) is 16.7. The molecule has 0 saturated heterocycles. The molecule has 0 unspecified atom stereocenters. The summed E-state index contributed by atoms with van der Waals surface area (Å²) >= 11 is 0. The topological polar surface area (TPSA) is 43.1 Å². The molecule has 0 aliphatic heterocycles. The van der Waals surface area contributed by atoms with E-state index in [9.17, 15) is 4.79 Å². The lowest BCUT2D eigenvalue weighted by molar-refractivity contribution is 1.64. The van der Waals surface area contributed by atoms with Crippen LogP contribution in [0.4, 0.5) is 5.69 Å². The highest BCUT2D eigenvalue weighted by molar-refractivity contribution is 5.63. The van der Waals surface area contributed by atoms with Crippen molar-refractivity contribution in [3.05, 3.63) is 64.8 Å². The number of hydrogen-bond acceptors (Lipinski definition) is 2. The van der Waals surface area contributed by atoms with Crippen LogP contribution in [-0.4, -0.2) is 0 Å². The maximum Gasteiger partial charge on any atom is 0.201 e. The van der Waals surface area contributed by atoms with Gasteiger partial charge in [0.25, 0.3) is 0 Å². The number of nitrogen functional groups attached to an aromatic ring is 1. The van der Waals surface area contributed by atoms with Crippen molar-refractivity contribution < 1.29 is 0 Å². The largest absolute Gasteiger partial charge is 0.396 e. The molecule has 0 aromatic heterocycles. The molecule has 0 aliphatic carbocycles. The third-order valence-electron chi connectivity index (χ3n) is 2.25. The lowest BCUT2D eigenvalue weighted by Gasteiger charge is -1.96. The van der Waals surface area contributed by atoms with E-state index in [4.69, 9.17) is 5.73 Å². The van der Waals surface area contributed by atoms with Crippen molar-refractivity contribution in [2.75, 3.05) is 5.73 Å². The van der Waals surface area contributed by atoms with E-state index in [1.807, 2.05) is 36.4 Å². The highest BCUT2D eigenvalue weighted by atomic mass is 16.1. The van der Waals surface area contributed by atoms with E-state index >= 15 is 0 Å². The van der Waals surface area contributed by atoms with Crippen LogP contribution >= 0.6 is 0 Å². The molecule has 0 radical (unpaired) electrons. The van der Waals surface area contributed by atoms with E-state index in [0.29, 0.717) is 0 Å². The molecule has 74 valence electrons. The third-order valence-corrected chi connectivity index (χ3v) is 2.25. The Balaban J connectivity index is 2.57. The van der Waals surface area contributed by atoms with E-state index < -0.39 is 0 Å². The lowest BCUT2D eigenvalue weighted by atomic mass is 10.1. The summed E-state index contributed by atoms with van der Waals surface area (Å²) < 4.78 is 0. The molecule has 0 amide bonds. The van der Waals surface area contributed by atoms with Crippen LogP contribution in [-0.2, 0) is 0 Å². The standard InChI is InChI=1S/C13H11NO/c14-12-8-6-11(7-9-13(12)15)10-4-2-1-3-5-10/h1-9H,(H2,14,15). The Morgan fingerprint density at radius 2 is 1.33 bits per heavy atom. The van der Waals surface area contributed by atoms with Gasteiger partial charge in [-0.2, -0.15) is 0 Å². The van der Waals surface area contributed by atoms with Crippen LogP contribution in [0.5, 0.6) is 0 Å². The number of rotatable bonds is 1. The Hall–Kier alpha value is -2.09. The van der Waals surface area contributed by atoms with Gasteiger partial charge in [-0.25, -0.2) is 0 Å². The van der Waals surface area contributed by atoms with E-state index in [-0.39, 0.29) is 11.1 Å². The zero-order chi connectivity index (χ0) is 10.7. The molecule has 0 saturated carbocycles. The van der Waals surface area contributed by atoms with Gasteiger partial charge in [0.15, 0.2) is 0 Å². The second-order valence-electron chi connectivity index (χ2n) is 3.31. The smallest absolute Gasteiger partial charge is 0.201 e. The number of hydrogen-bond donors (Lipinski definition) is 1. The Morgan fingerprint density at radius 1 is 0.733 bits per heavy atom. The van der Waals surface area contributed by atoms with Gasteiger partial charge in [0.1, 0.15) is 0 Å². The Morgan fingerprint density at radius 3 is 2.07 bits per heavy atom. The molecule has 0 aliphatic rings. The van der Waals surface area contributed by atoms with Crippen LogP contribution in [0.3, 0.4) is 0 Å². The van der Waals surface area contributed by atoms with Gasteiger partial charge >= 0.3 is 0 Å². The average Bonchev–Trinajstić information content (AvgIpc) is 2.44. The summed E-state index contributed by atoms with van der Waals surface area (Å²) in [6.45, 7) is 0. The summed E-state index contributed by atoms with van der Waals surface area (Å²) in [4.78, 5) is 11.3. The second-order valence-corrected chi connectivity index (χ2v) is 3.31. The normalized spacial score (nSPS) is 9.87. The first-order valence-electron chi connectivity index (χ1n) is 4.72. The zero-order valence-corrected chi connectivity index (χ0v) is 8.18. The van der Waals surface area contributed by atoms with Gasteiger partial charge in [-0.3, -0.25) is 4.79 Å². The fourth-order valence-electron chi connectivity index (χ4n) is 1.40. The summed E-state index contributed by atoms with van der Waals surface area (Å²) in [6.07, 6.45) is 0. The molecule has 2 aromatic rings. The van der Waals surface area contributed by atoms with Crippen LogP contribution in [0.15, 0.2) is 59.4 Å². The van der Waals surface area contributed by atoms with Crippen LogP contribution in [0.2, 0.25) is 0 Å². The third kappa shape index (κ3) is 2.05.